The first-order chi connectivity index (χ1) is 11.3. The highest BCUT2D eigenvalue weighted by Gasteiger charge is 2.28. The Morgan fingerprint density at radius 3 is 1.33 bits per heavy atom. The van der Waals surface area contributed by atoms with Gasteiger partial charge in [-0.1, -0.05) is 0 Å². The van der Waals surface area contributed by atoms with Crippen LogP contribution >= 0.6 is 23.5 Å². The lowest BCUT2D eigenvalue weighted by Crippen LogP contribution is -2.39. The van der Waals surface area contributed by atoms with Gasteiger partial charge in [-0.2, -0.15) is 23.5 Å². The van der Waals surface area contributed by atoms with E-state index in [0.29, 0.717) is 11.5 Å². The lowest BCUT2D eigenvalue weighted by atomic mass is 10.2. The number of carbonyl (C=O) groups excluding carboxylic acids is 2. The number of carboxylic acids is 2. The van der Waals surface area contributed by atoms with E-state index in [1.807, 2.05) is 0 Å². The average Bonchev–Trinajstić information content (AvgIpc) is 2.50. The monoisotopic (exact) mass is 382 g/mol. The largest absolute Gasteiger partial charge is 0.481 e. The number of hydrogen-bond acceptors (Lipinski definition) is 8. The van der Waals surface area contributed by atoms with Crippen LogP contribution in [0.5, 0.6) is 0 Å². The maximum Gasteiger partial charge on any atom is 0.306 e. The Kier molecular flexibility index (Phi) is 12.2. The molecule has 0 fully saturated rings. The lowest BCUT2D eigenvalue weighted by Gasteiger charge is -2.26. The summed E-state index contributed by atoms with van der Waals surface area (Å²) in [5.41, 5.74) is 0. The van der Waals surface area contributed by atoms with Crippen molar-refractivity contribution in [2.75, 3.05) is 24.0 Å². The molecule has 0 saturated carbocycles. The molecule has 0 aromatic heterocycles. The molecule has 2 atom stereocenters. The van der Waals surface area contributed by atoms with Crippen LogP contribution in [0.2, 0.25) is 0 Å². The van der Waals surface area contributed by atoms with Crippen LogP contribution in [0.3, 0.4) is 0 Å². The van der Waals surface area contributed by atoms with Crippen molar-refractivity contribution in [1.82, 2.24) is 0 Å². The van der Waals surface area contributed by atoms with Gasteiger partial charge in [0, 0.05) is 11.5 Å². The predicted octanol–water partition coefficient (Wildman–Crippen LogP) is 1.27. The zero-order chi connectivity index (χ0) is 18.5. The fraction of sp³-hybridized carbons (Fsp3) is 0.714. The summed E-state index contributed by atoms with van der Waals surface area (Å²) in [5.74, 6) is -2.82. The number of rotatable bonds is 13. The zero-order valence-electron chi connectivity index (χ0n) is 13.6. The molecule has 0 aliphatic heterocycles. The number of ether oxygens (including phenoxy) is 2. The molecule has 24 heavy (non-hydrogen) atoms. The smallest absolute Gasteiger partial charge is 0.306 e. The number of aliphatic carboxylic acids is 2. The van der Waals surface area contributed by atoms with Gasteiger partial charge in [-0.05, 0) is 12.5 Å². The van der Waals surface area contributed by atoms with Gasteiger partial charge < -0.3 is 19.7 Å². The molecular weight excluding hydrogens is 360 g/mol. The van der Waals surface area contributed by atoms with Gasteiger partial charge in [0.05, 0.1) is 25.7 Å². The molecular formula is C14H22O8S2. The summed E-state index contributed by atoms with van der Waals surface area (Å²) in [7, 11) is 0. The molecule has 0 radical (unpaired) electrons. The van der Waals surface area contributed by atoms with Gasteiger partial charge in [-0.15, -0.1) is 0 Å². The van der Waals surface area contributed by atoms with Crippen LogP contribution in [0.4, 0.5) is 0 Å². The number of carbonyl (C=O) groups is 4. The summed E-state index contributed by atoms with van der Waals surface area (Å²) in [5, 5.41) is 17.2. The van der Waals surface area contributed by atoms with Gasteiger partial charge >= 0.3 is 23.9 Å². The van der Waals surface area contributed by atoms with E-state index < -0.39 is 36.1 Å². The number of esters is 2. The Morgan fingerprint density at radius 1 is 0.750 bits per heavy atom. The van der Waals surface area contributed by atoms with Crippen molar-refractivity contribution in [2.45, 2.75) is 37.9 Å². The SMILES string of the molecule is CSCC(OC(=O)CCC(=O)O)C(CSC)OC(=O)CCC(=O)O. The summed E-state index contributed by atoms with van der Waals surface area (Å²) in [4.78, 5) is 44.4. The topological polar surface area (TPSA) is 127 Å². The first-order valence-corrected chi connectivity index (χ1v) is 9.89. The number of hydrogen-bond donors (Lipinski definition) is 2. The predicted molar refractivity (Wildman–Crippen MR) is 90.3 cm³/mol. The van der Waals surface area contributed by atoms with Crippen molar-refractivity contribution >= 4 is 47.4 Å². The quantitative estimate of drug-likeness (QED) is 0.449. The van der Waals surface area contributed by atoms with Crippen molar-refractivity contribution in [3.8, 4) is 0 Å². The summed E-state index contributed by atoms with van der Waals surface area (Å²) < 4.78 is 10.5. The van der Waals surface area contributed by atoms with Crippen molar-refractivity contribution < 1.29 is 38.9 Å². The number of carboxylic acid groups (broad SMARTS) is 2. The van der Waals surface area contributed by atoms with Gasteiger partial charge in [0.15, 0.2) is 0 Å². The Bertz CT molecular complexity index is 400. The van der Waals surface area contributed by atoms with E-state index >= 15 is 0 Å². The first kappa shape index (κ1) is 22.6. The van der Waals surface area contributed by atoms with Crippen LogP contribution in [-0.4, -0.2) is 70.3 Å². The molecule has 0 saturated heterocycles. The molecule has 0 rings (SSSR count). The third-order valence-corrected chi connectivity index (χ3v) is 4.05. The van der Waals surface area contributed by atoms with Crippen LogP contribution in [-0.2, 0) is 28.7 Å². The first-order valence-electron chi connectivity index (χ1n) is 7.10. The highest BCUT2D eigenvalue weighted by atomic mass is 32.2. The van der Waals surface area contributed by atoms with E-state index in [1.54, 1.807) is 12.5 Å². The Morgan fingerprint density at radius 2 is 1.08 bits per heavy atom. The minimum absolute atomic E-state index is 0.265. The maximum absolute atomic E-state index is 11.7. The molecule has 0 spiro atoms. The van der Waals surface area contributed by atoms with Crippen LogP contribution in [0.25, 0.3) is 0 Å². The molecule has 8 nitrogen and oxygen atoms in total. The molecule has 138 valence electrons. The van der Waals surface area contributed by atoms with Gasteiger partial charge in [0.25, 0.3) is 0 Å². The number of thioether (sulfide) groups is 2. The highest BCUT2D eigenvalue weighted by molar-refractivity contribution is 7.98. The normalized spacial score (nSPS) is 12.9. The van der Waals surface area contributed by atoms with E-state index in [-0.39, 0.29) is 25.7 Å². The van der Waals surface area contributed by atoms with E-state index in [1.165, 1.54) is 23.5 Å². The van der Waals surface area contributed by atoms with Crippen LogP contribution in [0, 0.1) is 0 Å². The molecule has 2 N–H and O–H groups in total. The lowest BCUT2D eigenvalue weighted by molar-refractivity contribution is -0.165. The fourth-order valence-electron chi connectivity index (χ4n) is 1.64. The summed E-state index contributed by atoms with van der Waals surface area (Å²) >= 11 is 2.77. The molecule has 0 heterocycles. The molecule has 10 heteroatoms. The van der Waals surface area contributed by atoms with Crippen LogP contribution < -0.4 is 0 Å². The molecule has 0 amide bonds. The van der Waals surface area contributed by atoms with Gasteiger partial charge in [0.1, 0.15) is 12.2 Å². The zero-order valence-corrected chi connectivity index (χ0v) is 15.2. The minimum Gasteiger partial charge on any atom is -0.481 e. The average molecular weight is 382 g/mol. The van der Waals surface area contributed by atoms with E-state index in [2.05, 4.69) is 0 Å². The molecule has 0 aliphatic carbocycles. The van der Waals surface area contributed by atoms with E-state index in [4.69, 9.17) is 19.7 Å². The van der Waals surface area contributed by atoms with Crippen LogP contribution in [0.15, 0.2) is 0 Å². The molecule has 0 aromatic rings. The van der Waals surface area contributed by atoms with E-state index in [9.17, 15) is 19.2 Å². The summed E-state index contributed by atoms with van der Waals surface area (Å²) in [6.07, 6.45) is 0.941. The third-order valence-electron chi connectivity index (χ3n) is 2.73. The molecule has 0 aromatic carbocycles. The third kappa shape index (κ3) is 11.2. The van der Waals surface area contributed by atoms with Crippen molar-refractivity contribution in [3.05, 3.63) is 0 Å². The second-order valence-electron chi connectivity index (χ2n) is 4.75. The molecule has 0 aliphatic rings. The van der Waals surface area contributed by atoms with Gasteiger partial charge in [-0.3, -0.25) is 19.2 Å². The highest BCUT2D eigenvalue weighted by Crippen LogP contribution is 2.16. The van der Waals surface area contributed by atoms with Crippen molar-refractivity contribution in [1.29, 1.82) is 0 Å². The van der Waals surface area contributed by atoms with Crippen molar-refractivity contribution in [3.63, 3.8) is 0 Å². The maximum atomic E-state index is 11.7. The fourth-order valence-corrected chi connectivity index (χ4v) is 2.86. The van der Waals surface area contributed by atoms with Crippen LogP contribution in [0.1, 0.15) is 25.7 Å². The molecule has 0 bridgehead atoms. The Labute approximate surface area is 148 Å². The summed E-state index contributed by atoms with van der Waals surface area (Å²) in [6.45, 7) is 0. The standard InChI is InChI=1S/C14H22O8S2/c1-23-7-9(21-13(19)5-3-11(15)16)10(8-24-2)22-14(20)6-4-12(17)18/h9-10H,3-8H2,1-2H3,(H,15,16)(H,17,18). The minimum atomic E-state index is -1.10. The second kappa shape index (κ2) is 12.9. The second-order valence-corrected chi connectivity index (χ2v) is 6.58. The molecule has 2 unspecified atom stereocenters. The van der Waals surface area contributed by atoms with Gasteiger partial charge in [-0.25, -0.2) is 0 Å². The Hall–Kier alpha value is -1.42. The van der Waals surface area contributed by atoms with Gasteiger partial charge in [0.2, 0.25) is 0 Å². The summed E-state index contributed by atoms with van der Waals surface area (Å²) in [6, 6.07) is 0. The Balaban J connectivity index is 4.75. The van der Waals surface area contributed by atoms with Crippen molar-refractivity contribution in [2.24, 2.45) is 0 Å². The van der Waals surface area contributed by atoms with E-state index in [0.717, 1.165) is 0 Å².